The average Bonchev–Trinajstić information content (AvgIpc) is 2.61. The molecule has 0 aromatic carbocycles. The quantitative estimate of drug-likeness (QED) is 0.775. The SMILES string of the molecule is CCOC(=O)c1cnn2c(C)cc(N)cc12. The minimum Gasteiger partial charge on any atom is -0.462 e. The van der Waals surface area contributed by atoms with Crippen molar-refractivity contribution in [1.82, 2.24) is 9.61 Å². The Hall–Kier alpha value is -2.04. The third-order valence-electron chi connectivity index (χ3n) is 2.31. The van der Waals surface area contributed by atoms with Gasteiger partial charge in [-0.15, -0.1) is 0 Å². The zero-order valence-corrected chi connectivity index (χ0v) is 9.23. The third-order valence-corrected chi connectivity index (χ3v) is 2.31. The highest BCUT2D eigenvalue weighted by Crippen LogP contribution is 2.17. The number of pyridine rings is 1. The van der Waals surface area contributed by atoms with Gasteiger partial charge in [-0.05, 0) is 26.0 Å². The van der Waals surface area contributed by atoms with Crippen LogP contribution in [0.5, 0.6) is 0 Å². The van der Waals surface area contributed by atoms with Crippen LogP contribution in [0.3, 0.4) is 0 Å². The second kappa shape index (κ2) is 3.84. The van der Waals surface area contributed by atoms with Gasteiger partial charge in [0.2, 0.25) is 0 Å². The first-order chi connectivity index (χ1) is 7.63. The fourth-order valence-electron chi connectivity index (χ4n) is 1.65. The van der Waals surface area contributed by atoms with Crippen LogP contribution in [0, 0.1) is 6.92 Å². The van der Waals surface area contributed by atoms with E-state index in [0.29, 0.717) is 23.4 Å². The monoisotopic (exact) mass is 219 g/mol. The minimum atomic E-state index is -0.373. The summed E-state index contributed by atoms with van der Waals surface area (Å²) in [5.41, 5.74) is 8.34. The Bertz CT molecular complexity index is 545. The number of esters is 1. The second-order valence-electron chi connectivity index (χ2n) is 3.51. The number of aryl methyl sites for hydroxylation is 1. The summed E-state index contributed by atoms with van der Waals surface area (Å²) in [7, 11) is 0. The number of hydrogen-bond acceptors (Lipinski definition) is 4. The average molecular weight is 219 g/mol. The van der Waals surface area contributed by atoms with E-state index in [2.05, 4.69) is 5.10 Å². The Kier molecular flexibility index (Phi) is 2.52. The van der Waals surface area contributed by atoms with Crippen LogP contribution in [-0.2, 0) is 4.74 Å². The molecule has 2 N–H and O–H groups in total. The molecule has 0 atom stereocenters. The van der Waals surface area contributed by atoms with Crippen LogP contribution in [0.4, 0.5) is 5.69 Å². The number of fused-ring (bicyclic) bond motifs is 1. The summed E-state index contributed by atoms with van der Waals surface area (Å²) in [4.78, 5) is 11.6. The van der Waals surface area contributed by atoms with Gasteiger partial charge in [-0.3, -0.25) is 0 Å². The fourth-order valence-corrected chi connectivity index (χ4v) is 1.65. The lowest BCUT2D eigenvalue weighted by atomic mass is 10.2. The van der Waals surface area contributed by atoms with Crippen molar-refractivity contribution in [3.05, 3.63) is 29.6 Å². The normalized spacial score (nSPS) is 10.6. The molecule has 0 aliphatic heterocycles. The first-order valence-electron chi connectivity index (χ1n) is 5.04. The number of anilines is 1. The molecule has 0 radical (unpaired) electrons. The molecule has 2 aromatic rings. The predicted octanol–water partition coefficient (Wildman–Crippen LogP) is 1.40. The van der Waals surface area contributed by atoms with E-state index in [-0.39, 0.29) is 5.97 Å². The summed E-state index contributed by atoms with van der Waals surface area (Å²) in [5.74, 6) is -0.373. The van der Waals surface area contributed by atoms with Crippen molar-refractivity contribution < 1.29 is 9.53 Å². The number of nitrogens with two attached hydrogens (primary N) is 1. The summed E-state index contributed by atoms with van der Waals surface area (Å²) in [6.45, 7) is 3.99. The molecule has 0 bridgehead atoms. The molecule has 0 unspecified atom stereocenters. The van der Waals surface area contributed by atoms with E-state index in [1.54, 1.807) is 23.6 Å². The number of hydrogen-bond donors (Lipinski definition) is 1. The summed E-state index contributed by atoms with van der Waals surface area (Å²) in [5, 5.41) is 4.12. The van der Waals surface area contributed by atoms with Gasteiger partial charge in [0.1, 0.15) is 5.56 Å². The zero-order valence-electron chi connectivity index (χ0n) is 9.23. The van der Waals surface area contributed by atoms with Crippen molar-refractivity contribution in [1.29, 1.82) is 0 Å². The maximum Gasteiger partial charge on any atom is 0.341 e. The van der Waals surface area contributed by atoms with Gasteiger partial charge in [0.25, 0.3) is 0 Å². The largest absolute Gasteiger partial charge is 0.462 e. The number of carbonyl (C=O) groups is 1. The Morgan fingerprint density at radius 3 is 3.00 bits per heavy atom. The molecule has 16 heavy (non-hydrogen) atoms. The molecular formula is C11H13N3O2. The first-order valence-corrected chi connectivity index (χ1v) is 5.04. The smallest absolute Gasteiger partial charge is 0.341 e. The second-order valence-corrected chi connectivity index (χ2v) is 3.51. The Labute approximate surface area is 92.8 Å². The van der Waals surface area contributed by atoms with Gasteiger partial charge in [-0.2, -0.15) is 5.10 Å². The molecule has 0 saturated heterocycles. The number of aromatic nitrogens is 2. The zero-order chi connectivity index (χ0) is 11.7. The van der Waals surface area contributed by atoms with Gasteiger partial charge in [-0.25, -0.2) is 9.31 Å². The number of nitrogens with zero attached hydrogens (tertiary/aromatic N) is 2. The van der Waals surface area contributed by atoms with Crippen molar-refractivity contribution in [2.24, 2.45) is 0 Å². The van der Waals surface area contributed by atoms with Crippen molar-refractivity contribution in [3.63, 3.8) is 0 Å². The molecule has 0 amide bonds. The predicted molar refractivity (Wildman–Crippen MR) is 60.3 cm³/mol. The highest BCUT2D eigenvalue weighted by atomic mass is 16.5. The van der Waals surface area contributed by atoms with Crippen LogP contribution in [0.25, 0.3) is 5.52 Å². The first kappa shape index (κ1) is 10.5. The number of carbonyl (C=O) groups excluding carboxylic acids is 1. The highest BCUT2D eigenvalue weighted by Gasteiger charge is 2.14. The van der Waals surface area contributed by atoms with Crippen LogP contribution in [-0.4, -0.2) is 22.2 Å². The molecule has 5 heteroatoms. The van der Waals surface area contributed by atoms with E-state index in [1.165, 1.54) is 6.20 Å². The Morgan fingerprint density at radius 2 is 2.31 bits per heavy atom. The lowest BCUT2D eigenvalue weighted by molar-refractivity contribution is 0.0528. The molecule has 2 rings (SSSR count). The number of nitrogen functional groups attached to an aromatic ring is 1. The van der Waals surface area contributed by atoms with Crippen LogP contribution in [0.2, 0.25) is 0 Å². The van der Waals surface area contributed by atoms with Crippen LogP contribution >= 0.6 is 0 Å². The molecule has 2 heterocycles. The molecule has 2 aromatic heterocycles. The van der Waals surface area contributed by atoms with Gasteiger partial charge in [0, 0.05) is 11.4 Å². The van der Waals surface area contributed by atoms with Crippen molar-refractivity contribution >= 4 is 17.2 Å². The standard InChI is InChI=1S/C11H13N3O2/c1-3-16-11(15)9-6-13-14-7(2)4-8(12)5-10(9)14/h4-6H,3,12H2,1-2H3. The van der Waals surface area contributed by atoms with E-state index in [9.17, 15) is 4.79 Å². The van der Waals surface area contributed by atoms with Gasteiger partial charge in [0.05, 0.1) is 18.3 Å². The van der Waals surface area contributed by atoms with Gasteiger partial charge in [0.15, 0.2) is 0 Å². The van der Waals surface area contributed by atoms with Crippen LogP contribution < -0.4 is 5.73 Å². The molecular weight excluding hydrogens is 206 g/mol. The lowest BCUT2D eigenvalue weighted by Gasteiger charge is -2.03. The third kappa shape index (κ3) is 1.60. The van der Waals surface area contributed by atoms with Crippen molar-refractivity contribution in [2.45, 2.75) is 13.8 Å². The topological polar surface area (TPSA) is 69.6 Å². The molecule has 0 fully saturated rings. The molecule has 0 saturated carbocycles. The van der Waals surface area contributed by atoms with Gasteiger partial charge < -0.3 is 10.5 Å². The van der Waals surface area contributed by atoms with E-state index in [0.717, 1.165) is 5.69 Å². The Morgan fingerprint density at radius 1 is 1.56 bits per heavy atom. The van der Waals surface area contributed by atoms with Gasteiger partial charge in [-0.1, -0.05) is 0 Å². The Balaban J connectivity index is 2.60. The van der Waals surface area contributed by atoms with E-state index in [4.69, 9.17) is 10.5 Å². The van der Waals surface area contributed by atoms with Crippen molar-refractivity contribution in [3.8, 4) is 0 Å². The van der Waals surface area contributed by atoms with E-state index in [1.807, 2.05) is 6.92 Å². The van der Waals surface area contributed by atoms with Crippen LogP contribution in [0.15, 0.2) is 18.3 Å². The summed E-state index contributed by atoms with van der Waals surface area (Å²) in [6, 6.07) is 3.52. The van der Waals surface area contributed by atoms with E-state index < -0.39 is 0 Å². The molecule has 0 spiro atoms. The maximum atomic E-state index is 11.6. The minimum absolute atomic E-state index is 0.345. The van der Waals surface area contributed by atoms with Crippen molar-refractivity contribution in [2.75, 3.05) is 12.3 Å². The number of ether oxygens (including phenoxy) is 1. The lowest BCUT2D eigenvalue weighted by Crippen LogP contribution is -2.04. The molecule has 0 aliphatic carbocycles. The fraction of sp³-hybridized carbons (Fsp3) is 0.273. The maximum absolute atomic E-state index is 11.6. The van der Waals surface area contributed by atoms with Gasteiger partial charge >= 0.3 is 5.97 Å². The summed E-state index contributed by atoms with van der Waals surface area (Å²) < 4.78 is 6.61. The number of rotatable bonds is 2. The molecule has 84 valence electrons. The molecule has 0 aliphatic rings. The molecule has 5 nitrogen and oxygen atoms in total. The van der Waals surface area contributed by atoms with E-state index >= 15 is 0 Å². The van der Waals surface area contributed by atoms with Crippen LogP contribution in [0.1, 0.15) is 23.0 Å². The summed E-state index contributed by atoms with van der Waals surface area (Å²) in [6.07, 6.45) is 1.50. The highest BCUT2D eigenvalue weighted by molar-refractivity contribution is 5.97. The summed E-state index contributed by atoms with van der Waals surface area (Å²) >= 11 is 0.